The van der Waals surface area contributed by atoms with E-state index in [1.165, 1.54) is 12.1 Å². The smallest absolute Gasteiger partial charge is 0.337 e. The van der Waals surface area contributed by atoms with Crippen LogP contribution in [0, 0.1) is 0 Å². The van der Waals surface area contributed by atoms with E-state index >= 15 is 0 Å². The van der Waals surface area contributed by atoms with E-state index in [0.717, 1.165) is 4.47 Å². The molecule has 0 spiro atoms. The van der Waals surface area contributed by atoms with Crippen LogP contribution in [-0.4, -0.2) is 28.7 Å². The average Bonchev–Trinajstić information content (AvgIpc) is 2.55. The van der Waals surface area contributed by atoms with Gasteiger partial charge < -0.3 is 15.2 Å². The van der Waals surface area contributed by atoms with E-state index in [0.29, 0.717) is 11.4 Å². The average molecular weight is 444 g/mol. The molecule has 2 rings (SSSR count). The number of benzene rings is 2. The van der Waals surface area contributed by atoms with Gasteiger partial charge in [-0.2, -0.15) is 0 Å². The fraction of sp³-hybridized carbons (Fsp3) is 0.0625. The minimum atomic E-state index is -1.16. The highest BCUT2D eigenvalue weighted by atomic mass is 79.9. The standard InChI is InChI=1S/C16H12BrClN2O4S/c17-9-1-4-11(5-2-9)24-8-14(21)20-16(25)19-10-3-6-13(18)12(7-10)15(22)23/h1-7H,8H2,(H,22,23)(H2,19,20,21,25). The molecular formula is C16H12BrClN2O4S. The van der Waals surface area contributed by atoms with Crippen molar-refractivity contribution in [1.82, 2.24) is 5.32 Å². The zero-order chi connectivity index (χ0) is 18.4. The lowest BCUT2D eigenvalue weighted by atomic mass is 10.2. The number of hydrogen-bond acceptors (Lipinski definition) is 4. The molecule has 0 aliphatic rings. The number of carboxylic acids is 1. The molecule has 25 heavy (non-hydrogen) atoms. The van der Waals surface area contributed by atoms with E-state index < -0.39 is 11.9 Å². The molecule has 0 aliphatic carbocycles. The van der Waals surface area contributed by atoms with Crippen molar-refractivity contribution in [2.45, 2.75) is 0 Å². The Labute approximate surface area is 162 Å². The number of hydrogen-bond donors (Lipinski definition) is 3. The Bertz CT molecular complexity index is 814. The Morgan fingerprint density at radius 3 is 2.52 bits per heavy atom. The summed E-state index contributed by atoms with van der Waals surface area (Å²) in [7, 11) is 0. The van der Waals surface area contributed by atoms with Crippen molar-refractivity contribution in [3.05, 3.63) is 57.5 Å². The van der Waals surface area contributed by atoms with Crippen LogP contribution in [-0.2, 0) is 4.79 Å². The number of carbonyl (C=O) groups excluding carboxylic acids is 1. The van der Waals surface area contributed by atoms with Gasteiger partial charge in [-0.1, -0.05) is 27.5 Å². The van der Waals surface area contributed by atoms with Gasteiger partial charge in [0.05, 0.1) is 10.6 Å². The summed E-state index contributed by atoms with van der Waals surface area (Å²) < 4.78 is 6.23. The van der Waals surface area contributed by atoms with E-state index in [1.807, 2.05) is 0 Å². The predicted molar refractivity (Wildman–Crippen MR) is 102 cm³/mol. The summed E-state index contributed by atoms with van der Waals surface area (Å²) in [6.07, 6.45) is 0. The van der Waals surface area contributed by atoms with Crippen LogP contribution in [0.5, 0.6) is 5.75 Å². The number of nitrogens with one attached hydrogen (secondary N) is 2. The fourth-order valence-electron chi connectivity index (χ4n) is 1.77. The molecule has 0 bridgehead atoms. The highest BCUT2D eigenvalue weighted by molar-refractivity contribution is 9.10. The van der Waals surface area contributed by atoms with Gasteiger partial charge in [-0.3, -0.25) is 10.1 Å². The first kappa shape index (κ1) is 19.2. The molecule has 0 heterocycles. The SMILES string of the molecule is O=C(COc1ccc(Br)cc1)NC(=S)Nc1ccc(Cl)c(C(=O)O)c1. The molecule has 0 aromatic heterocycles. The first-order valence-electron chi connectivity index (χ1n) is 6.87. The third-order valence-electron chi connectivity index (χ3n) is 2.89. The van der Waals surface area contributed by atoms with Crippen LogP contribution in [0.25, 0.3) is 0 Å². The third-order valence-corrected chi connectivity index (χ3v) is 3.95. The van der Waals surface area contributed by atoms with E-state index in [-0.39, 0.29) is 22.3 Å². The minimum absolute atomic E-state index is 0.0167. The van der Waals surface area contributed by atoms with Crippen LogP contribution >= 0.6 is 39.7 Å². The largest absolute Gasteiger partial charge is 0.484 e. The Kier molecular flexibility index (Phi) is 6.74. The number of carboxylic acid groups (broad SMARTS) is 1. The van der Waals surface area contributed by atoms with Crippen molar-refractivity contribution in [3.63, 3.8) is 0 Å². The van der Waals surface area contributed by atoms with Crippen LogP contribution in [0.15, 0.2) is 46.9 Å². The monoisotopic (exact) mass is 442 g/mol. The molecular weight excluding hydrogens is 432 g/mol. The Balaban J connectivity index is 1.87. The second kappa shape index (κ2) is 8.80. The molecule has 2 aromatic carbocycles. The molecule has 0 saturated heterocycles. The summed E-state index contributed by atoms with van der Waals surface area (Å²) in [4.78, 5) is 22.9. The summed E-state index contributed by atoms with van der Waals surface area (Å²) in [5, 5.41) is 14.3. The van der Waals surface area contributed by atoms with E-state index in [4.69, 9.17) is 33.7 Å². The number of ether oxygens (including phenoxy) is 1. The zero-order valence-electron chi connectivity index (χ0n) is 12.6. The van der Waals surface area contributed by atoms with Gasteiger partial charge in [0.1, 0.15) is 5.75 Å². The number of rotatable bonds is 5. The normalized spacial score (nSPS) is 10.0. The second-order valence-corrected chi connectivity index (χ2v) is 6.48. The molecule has 130 valence electrons. The number of halogens is 2. The highest BCUT2D eigenvalue weighted by Gasteiger charge is 2.11. The van der Waals surface area contributed by atoms with E-state index in [1.54, 1.807) is 30.3 Å². The molecule has 1 amide bonds. The molecule has 9 heteroatoms. The maximum absolute atomic E-state index is 11.8. The zero-order valence-corrected chi connectivity index (χ0v) is 15.7. The van der Waals surface area contributed by atoms with Crippen molar-refractivity contribution in [3.8, 4) is 5.75 Å². The maximum atomic E-state index is 11.8. The van der Waals surface area contributed by atoms with Gasteiger partial charge in [0, 0.05) is 10.2 Å². The minimum Gasteiger partial charge on any atom is -0.484 e. The van der Waals surface area contributed by atoms with E-state index in [9.17, 15) is 9.59 Å². The summed E-state index contributed by atoms with van der Waals surface area (Å²) in [6, 6.07) is 11.3. The Morgan fingerprint density at radius 1 is 1.20 bits per heavy atom. The van der Waals surface area contributed by atoms with Gasteiger partial charge in [0.25, 0.3) is 5.91 Å². The predicted octanol–water partition coefficient (Wildman–Crippen LogP) is 3.69. The second-order valence-electron chi connectivity index (χ2n) is 4.74. The van der Waals surface area contributed by atoms with Gasteiger partial charge in [0.2, 0.25) is 0 Å². The van der Waals surface area contributed by atoms with Crippen molar-refractivity contribution < 1.29 is 19.4 Å². The molecule has 3 N–H and O–H groups in total. The van der Waals surface area contributed by atoms with Crippen molar-refractivity contribution in [1.29, 1.82) is 0 Å². The first-order valence-corrected chi connectivity index (χ1v) is 8.45. The number of thiocarbonyl (C=S) groups is 1. The number of anilines is 1. The maximum Gasteiger partial charge on any atom is 0.337 e. The molecule has 0 radical (unpaired) electrons. The van der Waals surface area contributed by atoms with E-state index in [2.05, 4.69) is 26.6 Å². The Hall–Kier alpha value is -2.16. The van der Waals surface area contributed by atoms with Gasteiger partial charge in [-0.15, -0.1) is 0 Å². The fourth-order valence-corrected chi connectivity index (χ4v) is 2.47. The highest BCUT2D eigenvalue weighted by Crippen LogP contribution is 2.20. The van der Waals surface area contributed by atoms with Gasteiger partial charge >= 0.3 is 5.97 Å². The third kappa shape index (κ3) is 6.00. The quantitative estimate of drug-likeness (QED) is 0.611. The number of aromatic carboxylic acids is 1. The van der Waals surface area contributed by atoms with Gasteiger partial charge in [0.15, 0.2) is 11.7 Å². The Morgan fingerprint density at radius 2 is 1.88 bits per heavy atom. The van der Waals surface area contributed by atoms with Crippen LogP contribution in [0.3, 0.4) is 0 Å². The van der Waals surface area contributed by atoms with Gasteiger partial charge in [-0.25, -0.2) is 4.79 Å². The lowest BCUT2D eigenvalue weighted by molar-refractivity contribution is -0.121. The topological polar surface area (TPSA) is 87.7 Å². The van der Waals surface area contributed by atoms with Crippen LogP contribution in [0.2, 0.25) is 5.02 Å². The van der Waals surface area contributed by atoms with Gasteiger partial charge in [-0.05, 0) is 54.7 Å². The molecule has 0 saturated carbocycles. The molecule has 0 aliphatic heterocycles. The lowest BCUT2D eigenvalue weighted by Crippen LogP contribution is -2.37. The number of amides is 1. The van der Waals surface area contributed by atoms with Crippen molar-refractivity contribution in [2.75, 3.05) is 11.9 Å². The molecule has 6 nitrogen and oxygen atoms in total. The molecule has 0 fully saturated rings. The van der Waals surface area contributed by atoms with Crippen LogP contribution in [0.4, 0.5) is 5.69 Å². The number of carbonyl (C=O) groups is 2. The first-order chi connectivity index (χ1) is 11.8. The van der Waals surface area contributed by atoms with Crippen molar-refractivity contribution in [2.24, 2.45) is 0 Å². The summed E-state index contributed by atoms with van der Waals surface area (Å²) >= 11 is 14.1. The van der Waals surface area contributed by atoms with Crippen LogP contribution in [0.1, 0.15) is 10.4 Å². The van der Waals surface area contributed by atoms with Crippen molar-refractivity contribution >= 4 is 62.4 Å². The molecule has 0 atom stereocenters. The summed E-state index contributed by atoms with van der Waals surface area (Å²) in [6.45, 7) is -0.218. The molecule has 0 unspecified atom stereocenters. The molecule has 2 aromatic rings. The van der Waals surface area contributed by atoms with Crippen LogP contribution < -0.4 is 15.4 Å². The summed E-state index contributed by atoms with van der Waals surface area (Å²) in [5.74, 6) is -1.07. The lowest BCUT2D eigenvalue weighted by Gasteiger charge is -2.11. The summed E-state index contributed by atoms with van der Waals surface area (Å²) in [5.41, 5.74) is 0.320.